The number of aromatic nitrogens is 2. The maximum Gasteiger partial charge on any atom is 0.267 e. The summed E-state index contributed by atoms with van der Waals surface area (Å²) in [6.07, 6.45) is 0. The summed E-state index contributed by atoms with van der Waals surface area (Å²) >= 11 is 0. The second-order valence-corrected chi connectivity index (χ2v) is 6.41. The third kappa shape index (κ3) is 4.25. The SMILES string of the molecule is CC(C)c1ccc(NC(=O)Cn2nc(-c3ccccc3)ccc2=O)cc1. The summed E-state index contributed by atoms with van der Waals surface area (Å²) in [5, 5.41) is 7.11. The van der Waals surface area contributed by atoms with Crippen molar-refractivity contribution in [3.63, 3.8) is 0 Å². The molecule has 0 fully saturated rings. The average Bonchev–Trinajstić information content (AvgIpc) is 2.64. The van der Waals surface area contributed by atoms with Crippen LogP contribution >= 0.6 is 0 Å². The number of carbonyl (C=O) groups excluding carboxylic acids is 1. The van der Waals surface area contributed by atoms with Crippen LogP contribution in [-0.4, -0.2) is 15.7 Å². The Bertz CT molecular complexity index is 945. The lowest BCUT2D eigenvalue weighted by molar-refractivity contribution is -0.117. The van der Waals surface area contributed by atoms with Crippen LogP contribution in [0, 0.1) is 0 Å². The van der Waals surface area contributed by atoms with E-state index < -0.39 is 0 Å². The monoisotopic (exact) mass is 347 g/mol. The molecule has 5 nitrogen and oxygen atoms in total. The molecule has 132 valence electrons. The number of carbonyl (C=O) groups is 1. The van der Waals surface area contributed by atoms with E-state index in [1.165, 1.54) is 16.3 Å². The minimum Gasteiger partial charge on any atom is -0.324 e. The van der Waals surface area contributed by atoms with Gasteiger partial charge in [0.1, 0.15) is 6.54 Å². The molecule has 2 aromatic carbocycles. The Morgan fingerprint density at radius 2 is 1.69 bits per heavy atom. The summed E-state index contributed by atoms with van der Waals surface area (Å²) in [6.45, 7) is 4.10. The Hall–Kier alpha value is -3.21. The molecule has 0 aliphatic carbocycles. The van der Waals surface area contributed by atoms with E-state index in [0.717, 1.165) is 5.56 Å². The lowest BCUT2D eigenvalue weighted by Gasteiger charge is -2.10. The van der Waals surface area contributed by atoms with Gasteiger partial charge in [-0.25, -0.2) is 4.68 Å². The van der Waals surface area contributed by atoms with Crippen LogP contribution in [0.2, 0.25) is 0 Å². The van der Waals surface area contributed by atoms with Gasteiger partial charge in [0, 0.05) is 17.3 Å². The van der Waals surface area contributed by atoms with Gasteiger partial charge in [0.05, 0.1) is 5.69 Å². The number of nitrogens with one attached hydrogen (secondary N) is 1. The van der Waals surface area contributed by atoms with Gasteiger partial charge in [-0.15, -0.1) is 0 Å². The smallest absolute Gasteiger partial charge is 0.267 e. The fourth-order valence-electron chi connectivity index (χ4n) is 2.61. The third-order valence-electron chi connectivity index (χ3n) is 4.09. The molecule has 0 atom stereocenters. The fourth-order valence-corrected chi connectivity index (χ4v) is 2.61. The second kappa shape index (κ2) is 7.78. The van der Waals surface area contributed by atoms with Crippen molar-refractivity contribution in [2.75, 3.05) is 5.32 Å². The van der Waals surface area contributed by atoms with Gasteiger partial charge in [-0.3, -0.25) is 9.59 Å². The number of benzene rings is 2. The molecule has 5 heteroatoms. The normalized spacial score (nSPS) is 10.7. The summed E-state index contributed by atoms with van der Waals surface area (Å²) in [6, 6.07) is 20.3. The second-order valence-electron chi connectivity index (χ2n) is 6.41. The van der Waals surface area contributed by atoms with Crippen molar-refractivity contribution in [2.24, 2.45) is 0 Å². The number of rotatable bonds is 5. The first-order valence-electron chi connectivity index (χ1n) is 8.56. The molecule has 1 amide bonds. The molecule has 0 unspecified atom stereocenters. The Morgan fingerprint density at radius 1 is 1.00 bits per heavy atom. The van der Waals surface area contributed by atoms with Gasteiger partial charge < -0.3 is 5.32 Å². The predicted octanol–water partition coefficient (Wildman–Crippen LogP) is 3.67. The maximum atomic E-state index is 12.3. The van der Waals surface area contributed by atoms with Crippen molar-refractivity contribution in [3.05, 3.63) is 82.6 Å². The van der Waals surface area contributed by atoms with Crippen LogP contribution in [0.15, 0.2) is 71.5 Å². The fraction of sp³-hybridized carbons (Fsp3) is 0.190. The zero-order valence-electron chi connectivity index (χ0n) is 14.8. The number of hydrogen-bond donors (Lipinski definition) is 1. The van der Waals surface area contributed by atoms with Crippen molar-refractivity contribution in [1.29, 1.82) is 0 Å². The van der Waals surface area contributed by atoms with E-state index in [1.807, 2.05) is 54.6 Å². The van der Waals surface area contributed by atoms with Gasteiger partial charge in [0.2, 0.25) is 5.91 Å². The molecule has 26 heavy (non-hydrogen) atoms. The molecule has 0 aliphatic heterocycles. The summed E-state index contributed by atoms with van der Waals surface area (Å²) in [4.78, 5) is 24.3. The quantitative estimate of drug-likeness (QED) is 0.766. The minimum atomic E-state index is -0.310. The number of hydrogen-bond acceptors (Lipinski definition) is 3. The Kier molecular flexibility index (Phi) is 5.27. The Balaban J connectivity index is 1.74. The molecule has 1 N–H and O–H groups in total. The van der Waals surface area contributed by atoms with Crippen LogP contribution in [0.4, 0.5) is 5.69 Å². The third-order valence-corrected chi connectivity index (χ3v) is 4.09. The Labute approximate surface area is 152 Å². The van der Waals surface area contributed by atoms with Gasteiger partial charge >= 0.3 is 0 Å². The van der Waals surface area contributed by atoms with Gasteiger partial charge in [-0.1, -0.05) is 56.3 Å². The predicted molar refractivity (Wildman–Crippen MR) is 103 cm³/mol. The van der Waals surface area contributed by atoms with E-state index in [1.54, 1.807) is 6.07 Å². The molecule has 1 aromatic heterocycles. The first-order valence-corrected chi connectivity index (χ1v) is 8.56. The first-order chi connectivity index (χ1) is 12.5. The Morgan fingerprint density at radius 3 is 2.35 bits per heavy atom. The van der Waals surface area contributed by atoms with Crippen LogP contribution in [0.3, 0.4) is 0 Å². The average molecular weight is 347 g/mol. The van der Waals surface area contributed by atoms with Gasteiger partial charge in [-0.05, 0) is 29.7 Å². The van der Waals surface area contributed by atoms with Crippen molar-refractivity contribution in [2.45, 2.75) is 26.3 Å². The van der Waals surface area contributed by atoms with Crippen molar-refractivity contribution >= 4 is 11.6 Å². The molecule has 0 bridgehead atoms. The molecule has 1 heterocycles. The van der Waals surface area contributed by atoms with Crippen LogP contribution in [0.25, 0.3) is 11.3 Å². The van der Waals surface area contributed by atoms with E-state index >= 15 is 0 Å². The molecule has 0 spiro atoms. The highest BCUT2D eigenvalue weighted by molar-refractivity contribution is 5.90. The van der Waals surface area contributed by atoms with E-state index in [9.17, 15) is 9.59 Å². The zero-order valence-corrected chi connectivity index (χ0v) is 14.8. The molecule has 3 rings (SSSR count). The highest BCUT2D eigenvalue weighted by Crippen LogP contribution is 2.17. The van der Waals surface area contributed by atoms with Gasteiger partial charge in [0.15, 0.2) is 0 Å². The van der Waals surface area contributed by atoms with Gasteiger partial charge in [-0.2, -0.15) is 5.10 Å². The number of anilines is 1. The standard InChI is InChI=1S/C21H21N3O2/c1-15(2)16-8-10-18(11-9-16)22-20(25)14-24-21(26)13-12-19(23-24)17-6-4-3-5-7-17/h3-13,15H,14H2,1-2H3,(H,22,25). The van der Waals surface area contributed by atoms with E-state index in [4.69, 9.17) is 0 Å². The summed E-state index contributed by atoms with van der Waals surface area (Å²) in [5.74, 6) is 0.144. The highest BCUT2D eigenvalue weighted by atomic mass is 16.2. The van der Waals surface area contributed by atoms with Crippen LogP contribution in [0.1, 0.15) is 25.3 Å². The molecule has 0 aliphatic rings. The maximum absolute atomic E-state index is 12.3. The minimum absolute atomic E-state index is 0.133. The molecule has 0 radical (unpaired) electrons. The molecule has 0 saturated heterocycles. The number of amides is 1. The van der Waals surface area contributed by atoms with Crippen LogP contribution in [-0.2, 0) is 11.3 Å². The molecular formula is C21H21N3O2. The highest BCUT2D eigenvalue weighted by Gasteiger charge is 2.09. The van der Waals surface area contributed by atoms with Crippen LogP contribution in [0.5, 0.6) is 0 Å². The lowest BCUT2D eigenvalue weighted by Crippen LogP contribution is -2.29. The molecule has 3 aromatic rings. The van der Waals surface area contributed by atoms with Gasteiger partial charge in [0.25, 0.3) is 5.56 Å². The largest absolute Gasteiger partial charge is 0.324 e. The van der Waals surface area contributed by atoms with E-state index in [0.29, 0.717) is 17.3 Å². The van der Waals surface area contributed by atoms with Crippen LogP contribution < -0.4 is 10.9 Å². The topological polar surface area (TPSA) is 64.0 Å². The van der Waals surface area contributed by atoms with Crippen molar-refractivity contribution < 1.29 is 4.79 Å². The van der Waals surface area contributed by atoms with E-state index in [2.05, 4.69) is 24.3 Å². The van der Waals surface area contributed by atoms with Crippen molar-refractivity contribution in [3.8, 4) is 11.3 Å². The number of nitrogens with zero attached hydrogens (tertiary/aromatic N) is 2. The molecular weight excluding hydrogens is 326 g/mol. The lowest BCUT2D eigenvalue weighted by atomic mass is 10.0. The zero-order chi connectivity index (χ0) is 18.5. The first kappa shape index (κ1) is 17.6. The summed E-state index contributed by atoms with van der Waals surface area (Å²) in [7, 11) is 0. The summed E-state index contributed by atoms with van der Waals surface area (Å²) in [5.41, 5.74) is 3.14. The van der Waals surface area contributed by atoms with Crippen molar-refractivity contribution in [1.82, 2.24) is 9.78 Å². The summed E-state index contributed by atoms with van der Waals surface area (Å²) < 4.78 is 1.18. The van der Waals surface area contributed by atoms with E-state index in [-0.39, 0.29) is 18.0 Å². The molecule has 0 saturated carbocycles.